The third-order valence-corrected chi connectivity index (χ3v) is 4.58. The number of para-hydroxylation sites is 1. The van der Waals surface area contributed by atoms with E-state index in [0.29, 0.717) is 40.8 Å². The van der Waals surface area contributed by atoms with Gasteiger partial charge in [-0.1, -0.05) is 12.1 Å². The number of H-pyrrole nitrogens is 1. The van der Waals surface area contributed by atoms with E-state index in [2.05, 4.69) is 15.2 Å². The summed E-state index contributed by atoms with van der Waals surface area (Å²) in [7, 11) is 1.71. The van der Waals surface area contributed by atoms with Crippen molar-refractivity contribution in [2.75, 3.05) is 13.6 Å². The van der Waals surface area contributed by atoms with Crippen LogP contribution in [0.25, 0.3) is 22.3 Å². The van der Waals surface area contributed by atoms with Crippen molar-refractivity contribution in [1.29, 1.82) is 0 Å². The first-order chi connectivity index (χ1) is 11.6. The molecule has 1 atom stereocenters. The summed E-state index contributed by atoms with van der Waals surface area (Å²) in [5.74, 6) is 0.0816. The number of nitrogens with one attached hydrogen (secondary N) is 1. The third kappa shape index (κ3) is 2.24. The van der Waals surface area contributed by atoms with Crippen molar-refractivity contribution in [3.8, 4) is 17.0 Å². The van der Waals surface area contributed by atoms with Crippen LogP contribution in [0.3, 0.4) is 0 Å². The number of aromatic nitrogens is 3. The van der Waals surface area contributed by atoms with Gasteiger partial charge in [-0.05, 0) is 25.2 Å². The van der Waals surface area contributed by atoms with E-state index in [1.165, 1.54) is 0 Å². The van der Waals surface area contributed by atoms with Gasteiger partial charge in [0.05, 0.1) is 11.7 Å². The highest BCUT2D eigenvalue weighted by Gasteiger charge is 2.35. The normalized spacial score (nSPS) is 18.2. The standard InChI is InChI=1S/C17H16F2N4O/c1-23-7-6-11-14(15(23)16(18)19)10-8-12(21-22-17(10)20-11)9-4-2-3-5-13(9)24/h2-5,8,15-16,24H,6-7H2,1H3,(H,20,22). The van der Waals surface area contributed by atoms with Gasteiger partial charge >= 0.3 is 0 Å². The van der Waals surface area contributed by atoms with Gasteiger partial charge in [-0.25, -0.2) is 8.78 Å². The topological polar surface area (TPSA) is 65.0 Å². The predicted molar refractivity (Wildman–Crippen MR) is 86.1 cm³/mol. The van der Waals surface area contributed by atoms with Crippen LogP contribution in [0.5, 0.6) is 5.75 Å². The van der Waals surface area contributed by atoms with Crippen LogP contribution in [-0.2, 0) is 6.42 Å². The van der Waals surface area contributed by atoms with E-state index in [1.54, 1.807) is 42.3 Å². The van der Waals surface area contributed by atoms with Gasteiger partial charge in [0.15, 0.2) is 5.65 Å². The first kappa shape index (κ1) is 15.0. The second kappa shape index (κ2) is 5.52. The number of nitrogens with zero attached hydrogens (tertiary/aromatic N) is 3. The lowest BCUT2D eigenvalue weighted by molar-refractivity contribution is 0.0322. The molecule has 0 bridgehead atoms. The molecule has 0 saturated heterocycles. The number of hydrogen-bond donors (Lipinski definition) is 2. The van der Waals surface area contributed by atoms with Gasteiger partial charge in [-0.2, -0.15) is 0 Å². The fourth-order valence-electron chi connectivity index (χ4n) is 3.38. The molecule has 124 valence electrons. The van der Waals surface area contributed by atoms with Gasteiger partial charge in [-0.15, -0.1) is 10.2 Å². The fourth-order valence-corrected chi connectivity index (χ4v) is 3.38. The van der Waals surface area contributed by atoms with Crippen molar-refractivity contribution < 1.29 is 13.9 Å². The monoisotopic (exact) mass is 330 g/mol. The number of aromatic amines is 1. The number of phenols is 1. The van der Waals surface area contributed by atoms with Crippen LogP contribution in [0.1, 0.15) is 17.3 Å². The number of rotatable bonds is 2. The number of likely N-dealkylation sites (N-methyl/N-ethyl adjacent to an activating group) is 1. The summed E-state index contributed by atoms with van der Waals surface area (Å²) in [5, 5.41) is 18.9. The van der Waals surface area contributed by atoms with E-state index in [-0.39, 0.29) is 5.75 Å². The maximum atomic E-state index is 13.6. The first-order valence-corrected chi connectivity index (χ1v) is 7.71. The van der Waals surface area contributed by atoms with E-state index in [9.17, 15) is 13.9 Å². The smallest absolute Gasteiger partial charge is 0.258 e. The molecule has 24 heavy (non-hydrogen) atoms. The molecular formula is C17H16F2N4O. The molecule has 5 nitrogen and oxygen atoms in total. The van der Waals surface area contributed by atoms with Gasteiger partial charge in [0.1, 0.15) is 5.75 Å². The molecule has 1 aliphatic rings. The zero-order valence-electron chi connectivity index (χ0n) is 13.0. The first-order valence-electron chi connectivity index (χ1n) is 7.71. The van der Waals surface area contributed by atoms with Crippen LogP contribution < -0.4 is 0 Å². The number of halogens is 2. The van der Waals surface area contributed by atoms with E-state index < -0.39 is 12.5 Å². The molecule has 1 aliphatic heterocycles. The molecule has 7 heteroatoms. The maximum absolute atomic E-state index is 13.6. The van der Waals surface area contributed by atoms with Gasteiger partial charge in [-0.3, -0.25) is 4.90 Å². The van der Waals surface area contributed by atoms with Crippen molar-refractivity contribution in [3.05, 3.63) is 41.6 Å². The summed E-state index contributed by atoms with van der Waals surface area (Å²) in [6.07, 6.45) is -1.83. The number of hydrogen-bond acceptors (Lipinski definition) is 4. The highest BCUT2D eigenvalue weighted by Crippen LogP contribution is 2.39. The van der Waals surface area contributed by atoms with Crippen molar-refractivity contribution in [2.45, 2.75) is 18.9 Å². The molecule has 3 aromatic rings. The molecule has 4 rings (SSSR count). The minimum Gasteiger partial charge on any atom is -0.507 e. The Morgan fingerprint density at radius 3 is 2.83 bits per heavy atom. The van der Waals surface area contributed by atoms with E-state index in [0.717, 1.165) is 5.69 Å². The molecule has 0 amide bonds. The molecule has 3 heterocycles. The molecule has 0 aliphatic carbocycles. The van der Waals surface area contributed by atoms with Gasteiger partial charge in [0.25, 0.3) is 6.43 Å². The lowest BCUT2D eigenvalue weighted by Gasteiger charge is -2.32. The van der Waals surface area contributed by atoms with Crippen molar-refractivity contribution >= 4 is 11.0 Å². The van der Waals surface area contributed by atoms with Gasteiger partial charge in [0, 0.05) is 35.2 Å². The molecule has 0 spiro atoms. The summed E-state index contributed by atoms with van der Waals surface area (Å²) in [6, 6.07) is 7.53. The molecule has 1 unspecified atom stereocenters. The Morgan fingerprint density at radius 2 is 2.08 bits per heavy atom. The lowest BCUT2D eigenvalue weighted by Crippen LogP contribution is -2.35. The Hall–Kier alpha value is -2.54. The average molecular weight is 330 g/mol. The largest absolute Gasteiger partial charge is 0.507 e. The SMILES string of the molecule is CN1CCc2[nH]c3nnc(-c4ccccc4O)cc3c2C1C(F)F. The second-order valence-electron chi connectivity index (χ2n) is 6.04. The van der Waals surface area contributed by atoms with Crippen LogP contribution in [0.15, 0.2) is 30.3 Å². The van der Waals surface area contributed by atoms with Crippen LogP contribution in [0, 0.1) is 0 Å². The van der Waals surface area contributed by atoms with E-state index >= 15 is 0 Å². The minimum absolute atomic E-state index is 0.0816. The third-order valence-electron chi connectivity index (χ3n) is 4.58. The molecule has 0 radical (unpaired) electrons. The summed E-state index contributed by atoms with van der Waals surface area (Å²) < 4.78 is 27.2. The molecule has 2 N–H and O–H groups in total. The number of phenolic OH excluding ortho intramolecular Hbond substituents is 1. The predicted octanol–water partition coefficient (Wildman–Crippen LogP) is 3.12. The van der Waals surface area contributed by atoms with Gasteiger partial charge in [0.2, 0.25) is 0 Å². The summed E-state index contributed by atoms with van der Waals surface area (Å²) in [5.41, 5.74) is 2.86. The molecule has 2 aromatic heterocycles. The Bertz CT molecular complexity index is 909. The quantitative estimate of drug-likeness (QED) is 0.758. The van der Waals surface area contributed by atoms with Gasteiger partial charge < -0.3 is 10.1 Å². The molecule has 0 saturated carbocycles. The van der Waals surface area contributed by atoms with Crippen LogP contribution >= 0.6 is 0 Å². The highest BCUT2D eigenvalue weighted by atomic mass is 19.3. The molecule has 0 fully saturated rings. The Labute approximate surface area is 136 Å². The number of fused-ring (bicyclic) bond motifs is 3. The number of benzene rings is 1. The number of alkyl halides is 2. The van der Waals surface area contributed by atoms with Crippen molar-refractivity contribution in [1.82, 2.24) is 20.1 Å². The Morgan fingerprint density at radius 1 is 1.29 bits per heavy atom. The second-order valence-corrected chi connectivity index (χ2v) is 6.04. The lowest BCUT2D eigenvalue weighted by atomic mass is 9.96. The van der Waals surface area contributed by atoms with E-state index in [4.69, 9.17) is 0 Å². The van der Waals surface area contributed by atoms with Crippen LogP contribution in [-0.4, -0.2) is 45.2 Å². The molecular weight excluding hydrogens is 314 g/mol. The Balaban J connectivity index is 1.93. The number of aromatic hydroxyl groups is 1. The zero-order valence-corrected chi connectivity index (χ0v) is 13.0. The molecule has 1 aromatic carbocycles. The maximum Gasteiger partial charge on any atom is 0.258 e. The van der Waals surface area contributed by atoms with Crippen LogP contribution in [0.4, 0.5) is 8.78 Å². The fraction of sp³-hybridized carbons (Fsp3) is 0.294. The van der Waals surface area contributed by atoms with Crippen molar-refractivity contribution in [3.63, 3.8) is 0 Å². The minimum atomic E-state index is -2.49. The summed E-state index contributed by atoms with van der Waals surface area (Å²) >= 11 is 0. The highest BCUT2D eigenvalue weighted by molar-refractivity contribution is 5.86. The van der Waals surface area contributed by atoms with Crippen LogP contribution in [0.2, 0.25) is 0 Å². The summed E-state index contributed by atoms with van der Waals surface area (Å²) in [6.45, 7) is 0.564. The van der Waals surface area contributed by atoms with E-state index in [1.807, 2.05) is 0 Å². The summed E-state index contributed by atoms with van der Waals surface area (Å²) in [4.78, 5) is 4.79. The zero-order chi connectivity index (χ0) is 16.8. The Kier molecular flexibility index (Phi) is 3.45. The average Bonchev–Trinajstić information content (AvgIpc) is 2.92. The van der Waals surface area contributed by atoms with Crippen molar-refractivity contribution in [2.24, 2.45) is 0 Å².